The van der Waals surface area contributed by atoms with E-state index in [0.29, 0.717) is 11.4 Å². The van der Waals surface area contributed by atoms with Gasteiger partial charge in [-0.15, -0.1) is 0 Å². The van der Waals surface area contributed by atoms with Crippen LogP contribution in [0, 0.1) is 0 Å². The van der Waals surface area contributed by atoms with E-state index in [0.717, 1.165) is 37.2 Å². The first-order chi connectivity index (χ1) is 10.3. The molecule has 0 amide bonds. The molecule has 1 aromatic rings. The summed E-state index contributed by atoms with van der Waals surface area (Å²) in [6.45, 7) is 12.6. The third kappa shape index (κ3) is 4.43. The van der Waals surface area contributed by atoms with Crippen LogP contribution in [0.1, 0.15) is 38.1 Å². The van der Waals surface area contributed by atoms with Crippen LogP contribution in [-0.2, 0) is 4.74 Å². The SMILES string of the molecule is CCN1CCN(c2ncc(Br)cc2C(=O)OC(C)(C)C)CC1. The highest BCUT2D eigenvalue weighted by Gasteiger charge is 2.26. The Morgan fingerprint density at radius 1 is 1.32 bits per heavy atom. The van der Waals surface area contributed by atoms with E-state index in [9.17, 15) is 4.79 Å². The number of carbonyl (C=O) groups is 1. The average molecular weight is 370 g/mol. The maximum Gasteiger partial charge on any atom is 0.342 e. The minimum Gasteiger partial charge on any atom is -0.456 e. The molecule has 2 heterocycles. The fraction of sp³-hybridized carbons (Fsp3) is 0.625. The molecule has 5 nitrogen and oxygen atoms in total. The molecule has 1 saturated heterocycles. The fourth-order valence-electron chi connectivity index (χ4n) is 2.44. The van der Waals surface area contributed by atoms with Crippen LogP contribution in [0.15, 0.2) is 16.7 Å². The van der Waals surface area contributed by atoms with Crippen LogP contribution in [0.4, 0.5) is 5.82 Å². The van der Waals surface area contributed by atoms with E-state index in [4.69, 9.17) is 4.74 Å². The molecule has 1 fully saturated rings. The average Bonchev–Trinajstić information content (AvgIpc) is 2.45. The second-order valence-electron chi connectivity index (χ2n) is 6.45. The zero-order chi connectivity index (χ0) is 16.3. The minimum atomic E-state index is -0.516. The fourth-order valence-corrected chi connectivity index (χ4v) is 2.77. The van der Waals surface area contributed by atoms with Crippen LogP contribution in [0.2, 0.25) is 0 Å². The van der Waals surface area contributed by atoms with Gasteiger partial charge in [0.15, 0.2) is 0 Å². The van der Waals surface area contributed by atoms with Gasteiger partial charge in [-0.25, -0.2) is 9.78 Å². The van der Waals surface area contributed by atoms with Gasteiger partial charge in [-0.2, -0.15) is 0 Å². The van der Waals surface area contributed by atoms with Crippen molar-refractivity contribution in [1.29, 1.82) is 0 Å². The number of pyridine rings is 1. The summed E-state index contributed by atoms with van der Waals surface area (Å²) < 4.78 is 6.30. The van der Waals surface area contributed by atoms with Gasteiger partial charge in [-0.05, 0) is 49.3 Å². The van der Waals surface area contributed by atoms with Gasteiger partial charge in [0.25, 0.3) is 0 Å². The molecule has 6 heteroatoms. The third-order valence-electron chi connectivity index (χ3n) is 3.57. The number of hydrogen-bond donors (Lipinski definition) is 0. The number of hydrogen-bond acceptors (Lipinski definition) is 5. The molecule has 0 unspecified atom stereocenters. The molecule has 122 valence electrons. The van der Waals surface area contributed by atoms with Gasteiger partial charge in [0.2, 0.25) is 0 Å². The van der Waals surface area contributed by atoms with E-state index in [-0.39, 0.29) is 5.97 Å². The van der Waals surface area contributed by atoms with Gasteiger partial charge < -0.3 is 14.5 Å². The first kappa shape index (κ1) is 17.2. The van der Waals surface area contributed by atoms with E-state index < -0.39 is 5.60 Å². The number of carbonyl (C=O) groups excluding carboxylic acids is 1. The second-order valence-corrected chi connectivity index (χ2v) is 7.36. The number of anilines is 1. The van der Waals surface area contributed by atoms with Crippen molar-refractivity contribution in [1.82, 2.24) is 9.88 Å². The predicted molar refractivity (Wildman–Crippen MR) is 91.4 cm³/mol. The van der Waals surface area contributed by atoms with E-state index in [1.807, 2.05) is 20.8 Å². The van der Waals surface area contributed by atoms with Gasteiger partial charge in [-0.1, -0.05) is 6.92 Å². The summed E-state index contributed by atoms with van der Waals surface area (Å²) in [5.74, 6) is 0.391. The molecule has 0 aliphatic carbocycles. The summed E-state index contributed by atoms with van der Waals surface area (Å²) in [7, 11) is 0. The highest BCUT2D eigenvalue weighted by atomic mass is 79.9. The Kier molecular flexibility index (Phi) is 5.45. The molecule has 0 aromatic carbocycles. The Hall–Kier alpha value is -1.14. The molecule has 0 bridgehead atoms. The monoisotopic (exact) mass is 369 g/mol. The van der Waals surface area contributed by atoms with Crippen LogP contribution in [0.25, 0.3) is 0 Å². The summed E-state index contributed by atoms with van der Waals surface area (Å²) in [5, 5.41) is 0. The van der Waals surface area contributed by atoms with Crippen LogP contribution in [0.5, 0.6) is 0 Å². The normalized spacial score (nSPS) is 16.7. The molecular formula is C16H24BrN3O2. The number of ether oxygens (including phenoxy) is 1. The number of piperazine rings is 1. The lowest BCUT2D eigenvalue weighted by molar-refractivity contribution is 0.00697. The number of esters is 1. The highest BCUT2D eigenvalue weighted by molar-refractivity contribution is 9.10. The molecule has 0 atom stereocenters. The van der Waals surface area contributed by atoms with E-state index in [1.165, 1.54) is 0 Å². The molecular weight excluding hydrogens is 346 g/mol. The maximum atomic E-state index is 12.5. The maximum absolute atomic E-state index is 12.5. The lowest BCUT2D eigenvalue weighted by Gasteiger charge is -2.35. The number of likely N-dealkylation sites (N-methyl/N-ethyl adjacent to an activating group) is 1. The Morgan fingerprint density at radius 2 is 1.95 bits per heavy atom. The zero-order valence-electron chi connectivity index (χ0n) is 13.7. The lowest BCUT2D eigenvalue weighted by Crippen LogP contribution is -2.47. The predicted octanol–water partition coefficient (Wildman–Crippen LogP) is 2.94. The summed E-state index contributed by atoms with van der Waals surface area (Å²) in [6.07, 6.45) is 1.73. The Balaban J connectivity index is 2.23. The van der Waals surface area contributed by atoms with Crippen molar-refractivity contribution < 1.29 is 9.53 Å². The Morgan fingerprint density at radius 3 is 2.50 bits per heavy atom. The number of halogens is 1. The second kappa shape index (κ2) is 6.96. The van der Waals surface area contributed by atoms with Crippen LogP contribution in [-0.4, -0.2) is 54.2 Å². The van der Waals surface area contributed by atoms with E-state index >= 15 is 0 Å². The Bertz CT molecular complexity index is 535. The summed E-state index contributed by atoms with van der Waals surface area (Å²) in [6, 6.07) is 1.79. The molecule has 1 aromatic heterocycles. The molecule has 0 N–H and O–H groups in total. The largest absolute Gasteiger partial charge is 0.456 e. The van der Waals surface area contributed by atoms with Crippen LogP contribution < -0.4 is 4.90 Å². The van der Waals surface area contributed by atoms with Crippen molar-refractivity contribution >= 4 is 27.7 Å². The number of aromatic nitrogens is 1. The number of nitrogens with zero attached hydrogens (tertiary/aromatic N) is 3. The summed E-state index contributed by atoms with van der Waals surface area (Å²) in [4.78, 5) is 21.5. The lowest BCUT2D eigenvalue weighted by atomic mass is 10.1. The first-order valence-corrected chi connectivity index (χ1v) is 8.45. The van der Waals surface area contributed by atoms with Crippen LogP contribution in [0.3, 0.4) is 0 Å². The van der Waals surface area contributed by atoms with Crippen molar-refractivity contribution in [3.05, 3.63) is 22.3 Å². The molecule has 1 aliphatic rings. The summed E-state index contributed by atoms with van der Waals surface area (Å²) >= 11 is 3.39. The van der Waals surface area contributed by atoms with Crippen molar-refractivity contribution in [3.63, 3.8) is 0 Å². The van der Waals surface area contributed by atoms with Gasteiger partial charge in [0.1, 0.15) is 17.0 Å². The van der Waals surface area contributed by atoms with Gasteiger partial charge >= 0.3 is 5.97 Å². The smallest absolute Gasteiger partial charge is 0.342 e. The standard InChI is InChI=1S/C16H24BrN3O2/c1-5-19-6-8-20(9-7-19)14-13(10-12(17)11-18-14)15(21)22-16(2,3)4/h10-11H,5-9H2,1-4H3. The number of rotatable bonds is 3. The van der Waals surface area contributed by atoms with Gasteiger partial charge in [0, 0.05) is 36.8 Å². The quantitative estimate of drug-likeness (QED) is 0.766. The van der Waals surface area contributed by atoms with Crippen LogP contribution >= 0.6 is 15.9 Å². The van der Waals surface area contributed by atoms with Gasteiger partial charge in [0.05, 0.1) is 0 Å². The highest BCUT2D eigenvalue weighted by Crippen LogP contribution is 2.25. The Labute approximate surface area is 140 Å². The van der Waals surface area contributed by atoms with E-state index in [1.54, 1.807) is 12.3 Å². The molecule has 0 saturated carbocycles. The molecule has 0 spiro atoms. The van der Waals surface area contributed by atoms with Crippen molar-refractivity contribution in [2.45, 2.75) is 33.3 Å². The minimum absolute atomic E-state index is 0.325. The molecule has 22 heavy (non-hydrogen) atoms. The first-order valence-electron chi connectivity index (χ1n) is 7.66. The van der Waals surface area contributed by atoms with Gasteiger partial charge in [-0.3, -0.25) is 0 Å². The van der Waals surface area contributed by atoms with Crippen molar-refractivity contribution in [2.75, 3.05) is 37.6 Å². The molecule has 0 radical (unpaired) electrons. The van der Waals surface area contributed by atoms with Crippen molar-refractivity contribution in [2.24, 2.45) is 0 Å². The van der Waals surface area contributed by atoms with Crippen molar-refractivity contribution in [3.8, 4) is 0 Å². The topological polar surface area (TPSA) is 45.7 Å². The molecule has 2 rings (SSSR count). The molecule has 1 aliphatic heterocycles. The van der Waals surface area contributed by atoms with E-state index in [2.05, 4.69) is 37.6 Å². The summed E-state index contributed by atoms with van der Waals surface area (Å²) in [5.41, 5.74) is 0.00616. The third-order valence-corrected chi connectivity index (χ3v) is 4.00. The zero-order valence-corrected chi connectivity index (χ0v) is 15.3.